The third-order valence-electron chi connectivity index (χ3n) is 4.63. The van der Waals surface area contributed by atoms with Crippen LogP contribution in [-0.4, -0.2) is 44.9 Å². The third-order valence-corrected chi connectivity index (χ3v) is 6.40. The lowest BCUT2D eigenvalue weighted by atomic mass is 10.1. The summed E-state index contributed by atoms with van der Waals surface area (Å²) in [6.45, 7) is 0.669. The second-order valence-electron chi connectivity index (χ2n) is 6.93. The number of guanidine groups is 1. The summed E-state index contributed by atoms with van der Waals surface area (Å²) < 4.78 is 28.6. The molecule has 2 N–H and O–H groups in total. The molecule has 2 aromatic rings. The first-order chi connectivity index (χ1) is 13.9. The molecule has 0 amide bonds. The van der Waals surface area contributed by atoms with E-state index < -0.39 is 9.84 Å². The number of aliphatic imine (C=N–C) groups is 1. The number of halogens is 1. The fourth-order valence-corrected chi connectivity index (χ4v) is 4.77. The number of nitrogens with zero attached hydrogens (tertiary/aromatic N) is 1. The molecule has 0 aliphatic carbocycles. The average Bonchev–Trinajstić information content (AvgIpc) is 3.08. The molecule has 7 nitrogen and oxygen atoms in total. The average molecular weight is 543 g/mol. The van der Waals surface area contributed by atoms with Crippen molar-refractivity contribution in [1.29, 1.82) is 0 Å². The Hall–Kier alpha value is -2.14. The highest BCUT2D eigenvalue weighted by molar-refractivity contribution is 14.0. The predicted molar refractivity (Wildman–Crippen MR) is 128 cm³/mol. The van der Waals surface area contributed by atoms with Crippen LogP contribution in [-0.2, 0) is 27.7 Å². The van der Waals surface area contributed by atoms with E-state index in [-0.39, 0.29) is 54.1 Å². The molecule has 1 heterocycles. The smallest absolute Gasteiger partial charge is 0.338 e. The lowest BCUT2D eigenvalue weighted by molar-refractivity contribution is 0.0472. The van der Waals surface area contributed by atoms with Crippen LogP contribution in [0.1, 0.15) is 27.9 Å². The van der Waals surface area contributed by atoms with Gasteiger partial charge in [0.25, 0.3) is 0 Å². The SMILES string of the molecule is CN=C(NCc1cccc(C(=O)OCc2ccccc2)c1)NC1CCS(=O)(=O)C1.I. The van der Waals surface area contributed by atoms with Gasteiger partial charge in [0.1, 0.15) is 6.61 Å². The first-order valence-corrected chi connectivity index (χ1v) is 11.2. The highest BCUT2D eigenvalue weighted by atomic mass is 127. The van der Waals surface area contributed by atoms with Crippen molar-refractivity contribution in [2.45, 2.75) is 25.6 Å². The van der Waals surface area contributed by atoms with Gasteiger partial charge in [-0.15, -0.1) is 24.0 Å². The Morgan fingerprint density at radius 2 is 1.87 bits per heavy atom. The minimum absolute atomic E-state index is 0. The summed E-state index contributed by atoms with van der Waals surface area (Å²) >= 11 is 0. The van der Waals surface area contributed by atoms with E-state index >= 15 is 0 Å². The van der Waals surface area contributed by atoms with Crippen molar-refractivity contribution in [2.75, 3.05) is 18.6 Å². The fourth-order valence-electron chi connectivity index (χ4n) is 3.10. The number of esters is 1. The minimum atomic E-state index is -2.95. The number of nitrogens with one attached hydrogen (secondary N) is 2. The lowest BCUT2D eigenvalue weighted by Crippen LogP contribution is -2.43. The number of carbonyl (C=O) groups excluding carboxylic acids is 1. The van der Waals surface area contributed by atoms with Crippen LogP contribution in [0.15, 0.2) is 59.6 Å². The molecule has 1 atom stereocenters. The molecule has 2 aromatic carbocycles. The molecule has 9 heteroatoms. The number of carbonyl (C=O) groups is 1. The number of hydrogen-bond acceptors (Lipinski definition) is 5. The molecule has 0 radical (unpaired) electrons. The number of rotatable bonds is 6. The molecule has 3 rings (SSSR count). The molecule has 162 valence electrons. The summed E-state index contributed by atoms with van der Waals surface area (Å²) in [5.41, 5.74) is 2.30. The highest BCUT2D eigenvalue weighted by Crippen LogP contribution is 2.12. The van der Waals surface area contributed by atoms with Crippen molar-refractivity contribution in [1.82, 2.24) is 10.6 Å². The van der Waals surface area contributed by atoms with Crippen molar-refractivity contribution < 1.29 is 17.9 Å². The number of hydrogen-bond donors (Lipinski definition) is 2. The molecule has 0 saturated carbocycles. The molecule has 1 saturated heterocycles. The maximum absolute atomic E-state index is 12.3. The number of benzene rings is 2. The van der Waals surface area contributed by atoms with Crippen LogP contribution >= 0.6 is 24.0 Å². The van der Waals surface area contributed by atoms with E-state index in [2.05, 4.69) is 15.6 Å². The zero-order valence-corrected chi connectivity index (χ0v) is 19.9. The first kappa shape index (κ1) is 24.1. The predicted octanol–water partition coefficient (Wildman–Crippen LogP) is 2.51. The molecule has 0 aromatic heterocycles. The molecule has 1 aliphatic rings. The Morgan fingerprint density at radius 3 is 2.53 bits per heavy atom. The van der Waals surface area contributed by atoms with Crippen LogP contribution in [0.2, 0.25) is 0 Å². The van der Waals surface area contributed by atoms with Gasteiger partial charge in [0.05, 0.1) is 17.1 Å². The Morgan fingerprint density at radius 1 is 1.13 bits per heavy atom. The monoisotopic (exact) mass is 543 g/mol. The first-order valence-electron chi connectivity index (χ1n) is 9.43. The van der Waals surface area contributed by atoms with E-state index in [0.717, 1.165) is 11.1 Å². The van der Waals surface area contributed by atoms with Gasteiger partial charge in [0, 0.05) is 19.6 Å². The molecule has 1 fully saturated rings. The second-order valence-corrected chi connectivity index (χ2v) is 9.16. The fraction of sp³-hybridized carbons (Fsp3) is 0.333. The quantitative estimate of drug-likeness (QED) is 0.252. The Labute approximate surface area is 194 Å². The largest absolute Gasteiger partial charge is 0.457 e. The number of ether oxygens (including phenoxy) is 1. The summed E-state index contributed by atoms with van der Waals surface area (Å²) in [6, 6.07) is 16.6. The molecule has 1 aliphatic heterocycles. The van der Waals surface area contributed by atoms with Crippen LogP contribution in [0, 0.1) is 0 Å². The lowest BCUT2D eigenvalue weighted by Gasteiger charge is -2.16. The summed E-state index contributed by atoms with van der Waals surface area (Å²) in [6.07, 6.45) is 0.575. The third kappa shape index (κ3) is 7.28. The summed E-state index contributed by atoms with van der Waals surface area (Å²) in [5.74, 6) is 0.476. The van der Waals surface area contributed by atoms with Crippen LogP contribution in [0.4, 0.5) is 0 Å². The molecule has 0 bridgehead atoms. The zero-order valence-electron chi connectivity index (χ0n) is 16.7. The topological polar surface area (TPSA) is 96.9 Å². The van der Waals surface area contributed by atoms with E-state index in [0.29, 0.717) is 24.5 Å². The second kappa shape index (κ2) is 11.3. The van der Waals surface area contributed by atoms with Crippen LogP contribution < -0.4 is 10.6 Å². The molecule has 0 spiro atoms. The van der Waals surface area contributed by atoms with Gasteiger partial charge in [-0.25, -0.2) is 13.2 Å². The molecule has 30 heavy (non-hydrogen) atoms. The van der Waals surface area contributed by atoms with Gasteiger partial charge in [0.15, 0.2) is 15.8 Å². The molecular weight excluding hydrogens is 517 g/mol. The van der Waals surface area contributed by atoms with E-state index in [1.807, 2.05) is 36.4 Å². The van der Waals surface area contributed by atoms with Gasteiger partial charge in [-0.1, -0.05) is 42.5 Å². The Bertz CT molecular complexity index is 981. The maximum atomic E-state index is 12.3. The minimum Gasteiger partial charge on any atom is -0.457 e. The zero-order chi connectivity index (χ0) is 20.7. The summed E-state index contributed by atoms with van der Waals surface area (Å²) in [4.78, 5) is 16.5. The van der Waals surface area contributed by atoms with Gasteiger partial charge < -0.3 is 15.4 Å². The van der Waals surface area contributed by atoms with Crippen LogP contribution in [0.5, 0.6) is 0 Å². The van der Waals surface area contributed by atoms with Gasteiger partial charge in [-0.3, -0.25) is 4.99 Å². The normalized spacial score (nSPS) is 17.6. The van der Waals surface area contributed by atoms with E-state index in [1.54, 1.807) is 25.2 Å². The van der Waals surface area contributed by atoms with Crippen molar-refractivity contribution >= 4 is 45.7 Å². The molecule has 1 unspecified atom stereocenters. The van der Waals surface area contributed by atoms with Gasteiger partial charge >= 0.3 is 5.97 Å². The highest BCUT2D eigenvalue weighted by Gasteiger charge is 2.28. The standard InChI is InChI=1S/C21H25N3O4S.HI/c1-22-21(24-19-10-11-29(26,27)15-19)23-13-17-8-5-9-18(12-17)20(25)28-14-16-6-3-2-4-7-16;/h2-9,12,19H,10-11,13-15H2,1H3,(H2,22,23,24);1H. The van der Waals surface area contributed by atoms with Crippen molar-refractivity contribution in [3.8, 4) is 0 Å². The molecular formula is C21H26IN3O4S. The van der Waals surface area contributed by atoms with Crippen molar-refractivity contribution in [3.63, 3.8) is 0 Å². The van der Waals surface area contributed by atoms with Crippen LogP contribution in [0.3, 0.4) is 0 Å². The van der Waals surface area contributed by atoms with Crippen molar-refractivity contribution in [3.05, 3.63) is 71.3 Å². The van der Waals surface area contributed by atoms with Gasteiger partial charge in [-0.2, -0.15) is 0 Å². The maximum Gasteiger partial charge on any atom is 0.338 e. The van der Waals surface area contributed by atoms with Crippen molar-refractivity contribution in [2.24, 2.45) is 4.99 Å². The Balaban J connectivity index is 0.00000320. The van der Waals surface area contributed by atoms with E-state index in [1.165, 1.54) is 0 Å². The summed E-state index contributed by atoms with van der Waals surface area (Å²) in [7, 11) is -1.32. The van der Waals surface area contributed by atoms with Crippen LogP contribution in [0.25, 0.3) is 0 Å². The summed E-state index contributed by atoms with van der Waals surface area (Å²) in [5, 5.41) is 6.29. The number of sulfone groups is 1. The van der Waals surface area contributed by atoms with Gasteiger partial charge in [-0.05, 0) is 29.7 Å². The van der Waals surface area contributed by atoms with Gasteiger partial charge in [0.2, 0.25) is 0 Å². The van der Waals surface area contributed by atoms with E-state index in [9.17, 15) is 13.2 Å². The van der Waals surface area contributed by atoms with E-state index in [4.69, 9.17) is 4.74 Å². The Kier molecular flexibility index (Phi) is 9.09.